The number of halogens is 1. The fraction of sp³-hybridized carbons (Fsp3) is 0.118. The maximum Gasteiger partial charge on any atom is 0.183 e. The molecule has 2 N–H and O–H groups in total. The van der Waals surface area contributed by atoms with E-state index in [0.29, 0.717) is 0 Å². The minimum absolute atomic E-state index is 0.0694. The summed E-state index contributed by atoms with van der Waals surface area (Å²) in [6.07, 6.45) is 1.78. The molecule has 0 atom stereocenters. The molecule has 0 saturated heterocycles. The predicted molar refractivity (Wildman–Crippen MR) is 90.0 cm³/mol. The summed E-state index contributed by atoms with van der Waals surface area (Å²) in [5.74, 6) is 0.0694. The maximum absolute atomic E-state index is 12.4. The molecule has 0 aliphatic rings. The molecule has 1 aromatic heterocycles. The van der Waals surface area contributed by atoms with Gasteiger partial charge >= 0.3 is 0 Å². The summed E-state index contributed by atoms with van der Waals surface area (Å²) in [5, 5.41) is 4.15. The lowest BCUT2D eigenvalue weighted by molar-refractivity contribution is 0.101. The van der Waals surface area contributed by atoms with Crippen LogP contribution in [0, 0.1) is 6.92 Å². The van der Waals surface area contributed by atoms with Gasteiger partial charge in [-0.25, -0.2) is 0 Å². The molecule has 3 nitrogen and oxygen atoms in total. The number of aromatic amines is 1. The number of H-pyrrole nitrogens is 1. The Labute approximate surface area is 131 Å². The average Bonchev–Trinajstić information content (AvgIpc) is 2.90. The smallest absolute Gasteiger partial charge is 0.183 e. The van der Waals surface area contributed by atoms with E-state index in [9.17, 15) is 4.79 Å². The van der Waals surface area contributed by atoms with E-state index in [0.717, 1.165) is 26.6 Å². The summed E-state index contributed by atoms with van der Waals surface area (Å²) in [7, 11) is 0. The first-order chi connectivity index (χ1) is 10.1. The molecule has 0 fully saturated rings. The molecule has 0 spiro atoms. The minimum atomic E-state index is 0.0694. The summed E-state index contributed by atoms with van der Waals surface area (Å²) in [5.41, 5.74) is 3.81. The molecular formula is C17H15BrN2O. The molecule has 0 saturated carbocycles. The third-order valence-electron chi connectivity index (χ3n) is 3.45. The Morgan fingerprint density at radius 3 is 2.86 bits per heavy atom. The van der Waals surface area contributed by atoms with Crippen LogP contribution in [-0.2, 0) is 0 Å². The molecule has 0 amide bonds. The Balaban J connectivity index is 1.77. The second kappa shape index (κ2) is 5.74. The van der Waals surface area contributed by atoms with Crippen molar-refractivity contribution in [3.05, 3.63) is 64.3 Å². The first-order valence-electron chi connectivity index (χ1n) is 6.74. The van der Waals surface area contributed by atoms with Crippen LogP contribution < -0.4 is 5.32 Å². The van der Waals surface area contributed by atoms with Crippen LogP contribution >= 0.6 is 15.9 Å². The SMILES string of the molecule is Cc1ccc(NCC(=O)c2c[nH]c3ccccc23)c(Br)c1. The van der Waals surface area contributed by atoms with Crippen LogP contribution in [0.4, 0.5) is 5.69 Å². The summed E-state index contributed by atoms with van der Waals surface area (Å²) < 4.78 is 0.967. The number of ketones is 1. The van der Waals surface area contributed by atoms with Crippen molar-refractivity contribution < 1.29 is 4.79 Å². The van der Waals surface area contributed by atoms with Crippen LogP contribution in [0.15, 0.2) is 53.1 Å². The van der Waals surface area contributed by atoms with Crippen LogP contribution in [0.3, 0.4) is 0 Å². The Morgan fingerprint density at radius 1 is 1.24 bits per heavy atom. The Morgan fingerprint density at radius 2 is 2.05 bits per heavy atom. The molecule has 0 aliphatic heterocycles. The standard InChI is InChI=1S/C17H15BrN2O/c1-11-6-7-16(14(18)8-11)20-10-17(21)13-9-19-15-5-3-2-4-12(13)15/h2-9,19-20H,10H2,1H3. The second-order valence-corrected chi connectivity index (χ2v) is 5.86. The molecule has 0 unspecified atom stereocenters. The number of fused-ring (bicyclic) bond motifs is 1. The molecule has 3 aromatic rings. The number of Topliss-reactive ketones (excluding diaryl/α,β-unsaturated/α-hetero) is 1. The van der Waals surface area contributed by atoms with Gasteiger partial charge in [-0.2, -0.15) is 0 Å². The highest BCUT2D eigenvalue weighted by Gasteiger charge is 2.11. The quantitative estimate of drug-likeness (QED) is 0.684. The molecule has 0 radical (unpaired) electrons. The maximum atomic E-state index is 12.4. The zero-order valence-corrected chi connectivity index (χ0v) is 13.2. The van der Waals surface area contributed by atoms with Gasteiger partial charge in [-0.3, -0.25) is 4.79 Å². The topological polar surface area (TPSA) is 44.9 Å². The van der Waals surface area contributed by atoms with Crippen molar-refractivity contribution >= 4 is 38.3 Å². The third kappa shape index (κ3) is 2.85. The lowest BCUT2D eigenvalue weighted by atomic mass is 10.1. The first kappa shape index (κ1) is 13.9. The summed E-state index contributed by atoms with van der Waals surface area (Å²) >= 11 is 3.51. The van der Waals surface area contributed by atoms with Crippen LogP contribution in [-0.4, -0.2) is 17.3 Å². The zero-order chi connectivity index (χ0) is 14.8. The Hall–Kier alpha value is -2.07. The zero-order valence-electron chi connectivity index (χ0n) is 11.6. The fourth-order valence-corrected chi connectivity index (χ4v) is 2.97. The normalized spacial score (nSPS) is 10.8. The van der Waals surface area contributed by atoms with Gasteiger partial charge in [0.15, 0.2) is 5.78 Å². The van der Waals surface area contributed by atoms with Crippen LogP contribution in [0.1, 0.15) is 15.9 Å². The molecule has 2 aromatic carbocycles. The van der Waals surface area contributed by atoms with E-state index in [4.69, 9.17) is 0 Å². The number of hydrogen-bond donors (Lipinski definition) is 2. The van der Waals surface area contributed by atoms with Crippen molar-refractivity contribution in [1.82, 2.24) is 4.98 Å². The van der Waals surface area contributed by atoms with Crippen LogP contribution in [0.25, 0.3) is 10.9 Å². The van der Waals surface area contributed by atoms with E-state index in [1.165, 1.54) is 5.56 Å². The number of nitrogens with one attached hydrogen (secondary N) is 2. The van der Waals surface area contributed by atoms with Gasteiger partial charge in [0.1, 0.15) is 0 Å². The van der Waals surface area contributed by atoms with Gasteiger partial charge < -0.3 is 10.3 Å². The van der Waals surface area contributed by atoms with Gasteiger partial charge in [0.25, 0.3) is 0 Å². The Bertz CT molecular complexity index is 807. The predicted octanol–water partition coefficient (Wildman–Crippen LogP) is 4.53. The van der Waals surface area contributed by atoms with E-state index in [1.54, 1.807) is 6.20 Å². The summed E-state index contributed by atoms with van der Waals surface area (Å²) in [6.45, 7) is 2.30. The lowest BCUT2D eigenvalue weighted by Crippen LogP contribution is -2.14. The summed E-state index contributed by atoms with van der Waals surface area (Å²) in [6, 6.07) is 13.8. The fourth-order valence-electron chi connectivity index (χ4n) is 2.34. The number of benzene rings is 2. The van der Waals surface area contributed by atoms with Gasteiger partial charge in [0.05, 0.1) is 6.54 Å². The van der Waals surface area contributed by atoms with Gasteiger partial charge in [-0.1, -0.05) is 24.3 Å². The van der Waals surface area contributed by atoms with Crippen molar-refractivity contribution in [2.45, 2.75) is 6.92 Å². The number of carbonyl (C=O) groups is 1. The molecule has 0 bridgehead atoms. The number of carbonyl (C=O) groups excluding carboxylic acids is 1. The highest BCUT2D eigenvalue weighted by Crippen LogP contribution is 2.24. The van der Waals surface area contributed by atoms with Crippen molar-refractivity contribution in [3.63, 3.8) is 0 Å². The third-order valence-corrected chi connectivity index (χ3v) is 4.11. The highest BCUT2D eigenvalue weighted by atomic mass is 79.9. The second-order valence-electron chi connectivity index (χ2n) is 5.01. The molecule has 1 heterocycles. The van der Waals surface area contributed by atoms with Crippen molar-refractivity contribution in [1.29, 1.82) is 0 Å². The number of anilines is 1. The van der Waals surface area contributed by atoms with E-state index < -0.39 is 0 Å². The van der Waals surface area contributed by atoms with Crippen molar-refractivity contribution in [2.24, 2.45) is 0 Å². The number of aromatic nitrogens is 1. The average molecular weight is 343 g/mol. The number of aryl methyl sites for hydroxylation is 1. The molecule has 21 heavy (non-hydrogen) atoms. The van der Waals surface area contributed by atoms with E-state index in [2.05, 4.69) is 26.2 Å². The first-order valence-corrected chi connectivity index (χ1v) is 7.54. The monoisotopic (exact) mass is 342 g/mol. The van der Waals surface area contributed by atoms with Crippen LogP contribution in [0.5, 0.6) is 0 Å². The van der Waals surface area contributed by atoms with Gasteiger partial charge in [0.2, 0.25) is 0 Å². The van der Waals surface area contributed by atoms with E-state index in [1.807, 2.05) is 49.4 Å². The van der Waals surface area contributed by atoms with Gasteiger partial charge in [-0.05, 0) is 46.6 Å². The molecule has 4 heteroatoms. The van der Waals surface area contributed by atoms with Crippen molar-refractivity contribution in [2.75, 3.05) is 11.9 Å². The minimum Gasteiger partial charge on any atom is -0.377 e. The van der Waals surface area contributed by atoms with Crippen LogP contribution in [0.2, 0.25) is 0 Å². The number of para-hydroxylation sites is 1. The van der Waals surface area contributed by atoms with Gasteiger partial charge in [0, 0.05) is 32.8 Å². The molecular weight excluding hydrogens is 328 g/mol. The molecule has 3 rings (SSSR count). The summed E-state index contributed by atoms with van der Waals surface area (Å²) in [4.78, 5) is 15.5. The Kier molecular flexibility index (Phi) is 3.80. The van der Waals surface area contributed by atoms with E-state index >= 15 is 0 Å². The van der Waals surface area contributed by atoms with Gasteiger partial charge in [-0.15, -0.1) is 0 Å². The number of rotatable bonds is 4. The van der Waals surface area contributed by atoms with Crippen molar-refractivity contribution in [3.8, 4) is 0 Å². The number of hydrogen-bond acceptors (Lipinski definition) is 2. The van der Waals surface area contributed by atoms with E-state index in [-0.39, 0.29) is 12.3 Å². The lowest BCUT2D eigenvalue weighted by Gasteiger charge is -2.08. The molecule has 0 aliphatic carbocycles. The largest absolute Gasteiger partial charge is 0.377 e. The highest BCUT2D eigenvalue weighted by molar-refractivity contribution is 9.10. The molecule has 106 valence electrons.